The maximum Gasteiger partial charge on any atom is 0.406 e. The standard InChI is InChI=1S/C10H10F3N3O3S/c1-5-6(20-15-14-5)7(17)16-3-2-9(4-16,8(18)19)10(11,12)13/h2-4H2,1H3,(H,18,19). The van der Waals surface area contributed by atoms with Crippen molar-refractivity contribution in [1.82, 2.24) is 14.5 Å². The fourth-order valence-corrected chi connectivity index (χ4v) is 2.71. The topological polar surface area (TPSA) is 83.4 Å². The van der Waals surface area contributed by atoms with Gasteiger partial charge < -0.3 is 10.0 Å². The highest BCUT2D eigenvalue weighted by molar-refractivity contribution is 7.07. The van der Waals surface area contributed by atoms with Gasteiger partial charge in [0.25, 0.3) is 5.91 Å². The molecular formula is C10H10F3N3O3S. The van der Waals surface area contributed by atoms with Gasteiger partial charge in [0.2, 0.25) is 0 Å². The Kier molecular flexibility index (Phi) is 3.44. The summed E-state index contributed by atoms with van der Waals surface area (Å²) in [5, 5.41) is 12.5. The van der Waals surface area contributed by atoms with Crippen molar-refractivity contribution in [3.05, 3.63) is 10.6 Å². The number of aromatic nitrogens is 2. The van der Waals surface area contributed by atoms with Gasteiger partial charge in [-0.1, -0.05) is 4.49 Å². The van der Waals surface area contributed by atoms with Crippen LogP contribution in [0.3, 0.4) is 0 Å². The lowest BCUT2D eigenvalue weighted by Gasteiger charge is -2.27. The van der Waals surface area contributed by atoms with Crippen LogP contribution >= 0.6 is 11.5 Å². The third-order valence-corrected chi connectivity index (χ3v) is 4.17. The van der Waals surface area contributed by atoms with Crippen molar-refractivity contribution in [3.63, 3.8) is 0 Å². The van der Waals surface area contributed by atoms with Crippen LogP contribution < -0.4 is 0 Å². The quantitative estimate of drug-likeness (QED) is 0.891. The van der Waals surface area contributed by atoms with Crippen LogP contribution in [-0.4, -0.2) is 50.7 Å². The molecule has 1 amide bonds. The van der Waals surface area contributed by atoms with Crippen molar-refractivity contribution in [2.24, 2.45) is 5.41 Å². The first kappa shape index (κ1) is 14.7. The molecule has 1 saturated heterocycles. The van der Waals surface area contributed by atoms with Crippen LogP contribution in [0.15, 0.2) is 0 Å². The summed E-state index contributed by atoms with van der Waals surface area (Å²) >= 11 is 0.780. The monoisotopic (exact) mass is 309 g/mol. The van der Waals surface area contributed by atoms with E-state index in [2.05, 4.69) is 9.59 Å². The lowest BCUT2D eigenvalue weighted by molar-refractivity contribution is -0.227. The van der Waals surface area contributed by atoms with Gasteiger partial charge in [-0.25, -0.2) is 0 Å². The van der Waals surface area contributed by atoms with Crippen molar-refractivity contribution < 1.29 is 27.9 Å². The van der Waals surface area contributed by atoms with Gasteiger partial charge in [0.05, 0.1) is 5.69 Å². The molecule has 10 heteroatoms. The van der Waals surface area contributed by atoms with E-state index in [1.807, 2.05) is 0 Å². The highest BCUT2D eigenvalue weighted by atomic mass is 32.1. The highest BCUT2D eigenvalue weighted by Crippen LogP contribution is 2.46. The lowest BCUT2D eigenvalue weighted by Crippen LogP contribution is -2.47. The molecule has 20 heavy (non-hydrogen) atoms. The number of nitrogens with zero attached hydrogens (tertiary/aromatic N) is 3. The van der Waals surface area contributed by atoms with E-state index in [1.54, 1.807) is 0 Å². The number of likely N-dealkylation sites (tertiary alicyclic amines) is 1. The second-order valence-corrected chi connectivity index (χ2v) is 5.30. The Morgan fingerprint density at radius 1 is 1.45 bits per heavy atom. The van der Waals surface area contributed by atoms with E-state index in [4.69, 9.17) is 5.11 Å². The first-order valence-electron chi connectivity index (χ1n) is 5.57. The minimum absolute atomic E-state index is 0.133. The third-order valence-electron chi connectivity index (χ3n) is 3.35. The molecule has 2 heterocycles. The molecule has 0 aromatic carbocycles. The zero-order valence-corrected chi connectivity index (χ0v) is 11.1. The zero-order valence-electron chi connectivity index (χ0n) is 10.3. The number of hydrogen-bond acceptors (Lipinski definition) is 5. The summed E-state index contributed by atoms with van der Waals surface area (Å²) in [6.45, 7) is 0.366. The van der Waals surface area contributed by atoms with Gasteiger partial charge in [0, 0.05) is 13.1 Å². The van der Waals surface area contributed by atoms with Gasteiger partial charge in [-0.3, -0.25) is 9.59 Å². The van der Waals surface area contributed by atoms with E-state index in [1.165, 1.54) is 6.92 Å². The third kappa shape index (κ3) is 2.13. The average molecular weight is 309 g/mol. The molecule has 2 rings (SSSR count). The molecule has 1 atom stereocenters. The fraction of sp³-hybridized carbons (Fsp3) is 0.600. The second-order valence-electron chi connectivity index (χ2n) is 4.55. The summed E-state index contributed by atoms with van der Waals surface area (Å²) in [6.07, 6.45) is -5.56. The van der Waals surface area contributed by atoms with Crippen LogP contribution in [0.4, 0.5) is 13.2 Å². The number of halogens is 3. The van der Waals surface area contributed by atoms with E-state index in [9.17, 15) is 22.8 Å². The Labute approximate surface area is 115 Å². The number of alkyl halides is 3. The summed E-state index contributed by atoms with van der Waals surface area (Å²) in [4.78, 5) is 24.1. The number of carbonyl (C=O) groups is 2. The molecule has 1 unspecified atom stereocenters. The number of amides is 1. The van der Waals surface area contributed by atoms with E-state index in [0.29, 0.717) is 5.69 Å². The smallest absolute Gasteiger partial charge is 0.406 e. The van der Waals surface area contributed by atoms with E-state index < -0.39 is 36.4 Å². The van der Waals surface area contributed by atoms with Gasteiger partial charge in [-0.05, 0) is 24.9 Å². The van der Waals surface area contributed by atoms with Crippen LogP contribution in [0.25, 0.3) is 0 Å². The van der Waals surface area contributed by atoms with Gasteiger partial charge in [-0.2, -0.15) is 13.2 Å². The Morgan fingerprint density at radius 3 is 2.50 bits per heavy atom. The number of hydrogen-bond donors (Lipinski definition) is 1. The Hall–Kier alpha value is -1.71. The number of aliphatic carboxylic acids is 1. The maximum absolute atomic E-state index is 13.0. The molecule has 1 aliphatic heterocycles. The summed E-state index contributed by atoms with van der Waals surface area (Å²) in [7, 11) is 0. The summed E-state index contributed by atoms with van der Waals surface area (Å²) in [6, 6.07) is 0. The SMILES string of the molecule is Cc1nnsc1C(=O)N1CCC(C(=O)O)(C(F)(F)F)C1. The van der Waals surface area contributed by atoms with Crippen LogP contribution in [-0.2, 0) is 4.79 Å². The first-order valence-corrected chi connectivity index (χ1v) is 6.35. The molecule has 1 N–H and O–H groups in total. The number of aryl methyl sites for hydroxylation is 1. The Morgan fingerprint density at radius 2 is 2.10 bits per heavy atom. The molecule has 1 aromatic rings. The van der Waals surface area contributed by atoms with Gasteiger partial charge in [0.15, 0.2) is 5.41 Å². The fourth-order valence-electron chi connectivity index (χ4n) is 2.08. The molecule has 0 saturated carbocycles. The van der Waals surface area contributed by atoms with Crippen molar-refractivity contribution in [2.45, 2.75) is 19.5 Å². The van der Waals surface area contributed by atoms with Gasteiger partial charge >= 0.3 is 12.1 Å². The average Bonchev–Trinajstić information content (AvgIpc) is 2.93. The van der Waals surface area contributed by atoms with Crippen LogP contribution in [0.5, 0.6) is 0 Å². The maximum atomic E-state index is 13.0. The molecular weight excluding hydrogens is 299 g/mol. The van der Waals surface area contributed by atoms with Crippen molar-refractivity contribution in [1.29, 1.82) is 0 Å². The minimum Gasteiger partial charge on any atom is -0.481 e. The van der Waals surface area contributed by atoms with Crippen LogP contribution in [0, 0.1) is 12.3 Å². The molecule has 0 aliphatic carbocycles. The Balaban J connectivity index is 2.26. The molecule has 1 fully saturated rings. The van der Waals surface area contributed by atoms with E-state index in [0.717, 1.165) is 16.4 Å². The molecule has 1 aromatic heterocycles. The first-order chi connectivity index (χ1) is 9.19. The number of carbonyl (C=O) groups excluding carboxylic acids is 1. The number of carboxylic acid groups (broad SMARTS) is 1. The van der Waals surface area contributed by atoms with Crippen molar-refractivity contribution in [3.8, 4) is 0 Å². The lowest BCUT2D eigenvalue weighted by atomic mass is 9.86. The molecule has 1 aliphatic rings. The molecule has 0 radical (unpaired) electrons. The summed E-state index contributed by atoms with van der Waals surface area (Å²) < 4.78 is 42.5. The van der Waals surface area contributed by atoms with Crippen molar-refractivity contribution in [2.75, 3.05) is 13.1 Å². The predicted octanol–water partition coefficient (Wildman–Crippen LogP) is 1.33. The molecule has 0 spiro atoms. The van der Waals surface area contributed by atoms with E-state index >= 15 is 0 Å². The number of carboxylic acids is 1. The summed E-state index contributed by atoms with van der Waals surface area (Å²) in [5.41, 5.74) is -2.57. The molecule has 0 bridgehead atoms. The zero-order chi connectivity index (χ0) is 15.1. The number of rotatable bonds is 2. The summed E-state index contributed by atoms with van der Waals surface area (Å²) in [5.74, 6) is -2.62. The molecule has 6 nitrogen and oxygen atoms in total. The normalized spacial score (nSPS) is 23.1. The Bertz CT molecular complexity index is 559. The molecule has 110 valence electrons. The largest absolute Gasteiger partial charge is 0.481 e. The second kappa shape index (κ2) is 4.69. The van der Waals surface area contributed by atoms with E-state index in [-0.39, 0.29) is 11.4 Å². The highest BCUT2D eigenvalue weighted by Gasteiger charge is 2.64. The van der Waals surface area contributed by atoms with Gasteiger partial charge in [-0.15, -0.1) is 5.10 Å². The van der Waals surface area contributed by atoms with Gasteiger partial charge in [0.1, 0.15) is 4.88 Å². The van der Waals surface area contributed by atoms with Crippen molar-refractivity contribution >= 4 is 23.4 Å². The minimum atomic E-state index is -4.91. The predicted molar refractivity (Wildman–Crippen MR) is 61.3 cm³/mol. The van der Waals surface area contributed by atoms with Crippen LogP contribution in [0.2, 0.25) is 0 Å². The van der Waals surface area contributed by atoms with Crippen LogP contribution in [0.1, 0.15) is 21.8 Å².